The maximum atomic E-state index is 4.24. The fourth-order valence-electron chi connectivity index (χ4n) is 1.74. The first-order chi connectivity index (χ1) is 8.83. The molecule has 0 aliphatic rings. The van der Waals surface area contributed by atoms with Gasteiger partial charge in [-0.1, -0.05) is 38.1 Å². The SMILES string of the molecule is CCCNc1ccc(-c2ccc(CC)cc2)nn1. The van der Waals surface area contributed by atoms with Gasteiger partial charge in [-0.2, -0.15) is 0 Å². The quantitative estimate of drug-likeness (QED) is 0.870. The van der Waals surface area contributed by atoms with E-state index in [2.05, 4.69) is 53.6 Å². The van der Waals surface area contributed by atoms with Crippen LogP contribution in [0.2, 0.25) is 0 Å². The topological polar surface area (TPSA) is 37.8 Å². The molecule has 0 radical (unpaired) electrons. The highest BCUT2D eigenvalue weighted by atomic mass is 15.2. The average molecular weight is 241 g/mol. The van der Waals surface area contributed by atoms with E-state index in [0.29, 0.717) is 0 Å². The molecule has 0 bridgehead atoms. The van der Waals surface area contributed by atoms with Gasteiger partial charge in [0, 0.05) is 12.1 Å². The van der Waals surface area contributed by atoms with Crippen LogP contribution in [0.15, 0.2) is 36.4 Å². The Morgan fingerprint density at radius 2 is 1.72 bits per heavy atom. The third-order valence-corrected chi connectivity index (χ3v) is 2.88. The van der Waals surface area contributed by atoms with Gasteiger partial charge in [-0.15, -0.1) is 10.2 Å². The van der Waals surface area contributed by atoms with Crippen LogP contribution in [-0.2, 0) is 6.42 Å². The minimum atomic E-state index is 0.839. The van der Waals surface area contributed by atoms with Crippen molar-refractivity contribution in [3.05, 3.63) is 42.0 Å². The summed E-state index contributed by atoms with van der Waals surface area (Å²) >= 11 is 0. The van der Waals surface area contributed by atoms with Gasteiger partial charge in [-0.3, -0.25) is 0 Å². The highest BCUT2D eigenvalue weighted by molar-refractivity contribution is 5.59. The van der Waals surface area contributed by atoms with E-state index < -0.39 is 0 Å². The average Bonchev–Trinajstić information content (AvgIpc) is 2.46. The van der Waals surface area contributed by atoms with Crippen molar-refractivity contribution in [1.29, 1.82) is 0 Å². The molecule has 2 rings (SSSR count). The third-order valence-electron chi connectivity index (χ3n) is 2.88. The van der Waals surface area contributed by atoms with Crippen molar-refractivity contribution in [3.8, 4) is 11.3 Å². The van der Waals surface area contributed by atoms with Crippen LogP contribution >= 0.6 is 0 Å². The van der Waals surface area contributed by atoms with Crippen molar-refractivity contribution in [2.24, 2.45) is 0 Å². The first-order valence-corrected chi connectivity index (χ1v) is 6.50. The summed E-state index contributed by atoms with van der Waals surface area (Å²) in [7, 11) is 0. The zero-order chi connectivity index (χ0) is 12.8. The van der Waals surface area contributed by atoms with Crippen LogP contribution in [0.4, 0.5) is 5.82 Å². The smallest absolute Gasteiger partial charge is 0.148 e. The molecule has 0 saturated carbocycles. The fourth-order valence-corrected chi connectivity index (χ4v) is 1.74. The lowest BCUT2D eigenvalue weighted by molar-refractivity contribution is 0.945. The third kappa shape index (κ3) is 3.06. The second-order valence-corrected chi connectivity index (χ2v) is 4.28. The number of hydrogen-bond donors (Lipinski definition) is 1. The fraction of sp³-hybridized carbons (Fsp3) is 0.333. The van der Waals surface area contributed by atoms with Gasteiger partial charge >= 0.3 is 0 Å². The van der Waals surface area contributed by atoms with Gasteiger partial charge in [-0.05, 0) is 30.5 Å². The first kappa shape index (κ1) is 12.6. The van der Waals surface area contributed by atoms with E-state index in [4.69, 9.17) is 0 Å². The molecule has 0 unspecified atom stereocenters. The summed E-state index contributed by atoms with van der Waals surface area (Å²) in [5.41, 5.74) is 3.37. The van der Waals surface area contributed by atoms with Gasteiger partial charge < -0.3 is 5.32 Å². The van der Waals surface area contributed by atoms with Gasteiger partial charge in [0.2, 0.25) is 0 Å². The Balaban J connectivity index is 2.12. The van der Waals surface area contributed by atoms with Crippen LogP contribution in [0.5, 0.6) is 0 Å². The Morgan fingerprint density at radius 1 is 0.944 bits per heavy atom. The van der Waals surface area contributed by atoms with Crippen molar-refractivity contribution in [1.82, 2.24) is 10.2 Å². The van der Waals surface area contributed by atoms with Crippen molar-refractivity contribution < 1.29 is 0 Å². The standard InChI is InChI=1S/C15H19N3/c1-3-11-16-15-10-9-14(17-18-15)13-7-5-12(4-2)6-8-13/h5-10H,3-4,11H2,1-2H3,(H,16,18). The molecule has 0 spiro atoms. The van der Waals surface area contributed by atoms with Crippen LogP contribution in [0.1, 0.15) is 25.8 Å². The van der Waals surface area contributed by atoms with E-state index >= 15 is 0 Å². The van der Waals surface area contributed by atoms with Gasteiger partial charge in [0.25, 0.3) is 0 Å². The van der Waals surface area contributed by atoms with E-state index in [1.54, 1.807) is 0 Å². The second-order valence-electron chi connectivity index (χ2n) is 4.28. The monoisotopic (exact) mass is 241 g/mol. The molecule has 1 heterocycles. The van der Waals surface area contributed by atoms with E-state index in [9.17, 15) is 0 Å². The molecule has 0 fully saturated rings. The number of aryl methyl sites for hydroxylation is 1. The normalized spacial score (nSPS) is 10.3. The van der Waals surface area contributed by atoms with Gasteiger partial charge in [0.15, 0.2) is 0 Å². The van der Waals surface area contributed by atoms with Crippen LogP contribution in [-0.4, -0.2) is 16.7 Å². The number of hydrogen-bond acceptors (Lipinski definition) is 3. The molecule has 2 aromatic rings. The molecule has 0 amide bonds. The maximum Gasteiger partial charge on any atom is 0.148 e. The molecule has 3 heteroatoms. The molecule has 3 nitrogen and oxygen atoms in total. The van der Waals surface area contributed by atoms with Gasteiger partial charge in [0.1, 0.15) is 5.82 Å². The summed E-state index contributed by atoms with van der Waals surface area (Å²) in [4.78, 5) is 0. The number of rotatable bonds is 5. The molecule has 1 aromatic carbocycles. The first-order valence-electron chi connectivity index (χ1n) is 6.50. The lowest BCUT2D eigenvalue weighted by Crippen LogP contribution is -2.02. The maximum absolute atomic E-state index is 4.24. The summed E-state index contributed by atoms with van der Waals surface area (Å²) in [6.45, 7) is 5.21. The lowest BCUT2D eigenvalue weighted by atomic mass is 10.1. The molecule has 0 atom stereocenters. The molecular formula is C15H19N3. The minimum absolute atomic E-state index is 0.839. The molecule has 1 N–H and O–H groups in total. The van der Waals surface area contributed by atoms with Crippen LogP contribution in [0.25, 0.3) is 11.3 Å². The van der Waals surface area contributed by atoms with Crippen molar-refractivity contribution in [2.45, 2.75) is 26.7 Å². The van der Waals surface area contributed by atoms with Crippen molar-refractivity contribution >= 4 is 5.82 Å². The summed E-state index contributed by atoms with van der Waals surface area (Å²) in [6, 6.07) is 12.5. The number of anilines is 1. The predicted molar refractivity (Wildman–Crippen MR) is 75.6 cm³/mol. The Labute approximate surface area is 108 Å². The number of nitrogens with zero attached hydrogens (tertiary/aromatic N) is 2. The number of aromatic nitrogens is 2. The summed E-state index contributed by atoms with van der Waals surface area (Å²) in [5, 5.41) is 11.6. The largest absolute Gasteiger partial charge is 0.369 e. The molecule has 18 heavy (non-hydrogen) atoms. The van der Waals surface area contributed by atoms with Crippen LogP contribution in [0.3, 0.4) is 0 Å². The molecule has 94 valence electrons. The van der Waals surface area contributed by atoms with Crippen molar-refractivity contribution in [2.75, 3.05) is 11.9 Å². The number of benzene rings is 1. The Kier molecular flexibility index (Phi) is 4.29. The van der Waals surface area contributed by atoms with Crippen LogP contribution < -0.4 is 5.32 Å². The molecular weight excluding hydrogens is 222 g/mol. The predicted octanol–water partition coefficient (Wildman–Crippen LogP) is 3.53. The molecule has 0 aliphatic carbocycles. The Morgan fingerprint density at radius 3 is 2.28 bits per heavy atom. The number of nitrogens with one attached hydrogen (secondary N) is 1. The summed E-state index contributed by atoms with van der Waals surface area (Å²) < 4.78 is 0. The minimum Gasteiger partial charge on any atom is -0.369 e. The molecule has 0 saturated heterocycles. The van der Waals surface area contributed by atoms with E-state index in [1.165, 1.54) is 5.56 Å². The molecule has 0 aliphatic heterocycles. The summed E-state index contributed by atoms with van der Waals surface area (Å²) in [5.74, 6) is 0.839. The van der Waals surface area contributed by atoms with Gasteiger partial charge in [0.05, 0.1) is 5.69 Å². The van der Waals surface area contributed by atoms with Gasteiger partial charge in [-0.25, -0.2) is 0 Å². The highest BCUT2D eigenvalue weighted by Gasteiger charge is 2.00. The molecule has 1 aromatic heterocycles. The lowest BCUT2D eigenvalue weighted by Gasteiger charge is -2.04. The van der Waals surface area contributed by atoms with Crippen molar-refractivity contribution in [3.63, 3.8) is 0 Å². The zero-order valence-electron chi connectivity index (χ0n) is 11.0. The Bertz CT molecular complexity index is 474. The van der Waals surface area contributed by atoms with E-state index in [-0.39, 0.29) is 0 Å². The zero-order valence-corrected chi connectivity index (χ0v) is 11.0. The second kappa shape index (κ2) is 6.15. The van der Waals surface area contributed by atoms with Crippen LogP contribution in [0, 0.1) is 0 Å². The van der Waals surface area contributed by atoms with E-state index in [1.807, 2.05) is 12.1 Å². The highest BCUT2D eigenvalue weighted by Crippen LogP contribution is 2.17. The Hall–Kier alpha value is -1.90. The van der Waals surface area contributed by atoms with E-state index in [0.717, 1.165) is 36.5 Å². The summed E-state index contributed by atoms with van der Waals surface area (Å²) in [6.07, 6.45) is 2.15.